The van der Waals surface area contributed by atoms with Crippen LogP contribution in [0.15, 0.2) is 71.8 Å². The Kier molecular flexibility index (Phi) is 7.05. The molecule has 0 saturated heterocycles. The SMILES string of the molecule is Cc1cc(C)c(Oc2nc(-c3ccc(C#N)cc3)ccc2C(=O)CS(=O)(=O)c2cccc(N)n2)c(C)c1. The summed E-state index contributed by atoms with van der Waals surface area (Å²) in [4.78, 5) is 21.7. The highest BCUT2D eigenvalue weighted by Crippen LogP contribution is 2.33. The summed E-state index contributed by atoms with van der Waals surface area (Å²) in [7, 11) is -4.07. The number of Topliss-reactive ketones (excluding diaryl/α,β-unsaturated/α-hetero) is 1. The first-order valence-corrected chi connectivity index (χ1v) is 13.0. The van der Waals surface area contributed by atoms with Gasteiger partial charge in [-0.2, -0.15) is 5.26 Å². The number of pyridine rings is 2. The number of hydrogen-bond donors (Lipinski definition) is 1. The second-order valence-corrected chi connectivity index (χ2v) is 10.6. The van der Waals surface area contributed by atoms with Crippen LogP contribution in [0, 0.1) is 32.1 Å². The minimum atomic E-state index is -4.07. The number of carbonyl (C=O) groups excluding carboxylic acids is 1. The van der Waals surface area contributed by atoms with Gasteiger partial charge in [-0.05, 0) is 68.3 Å². The first-order chi connectivity index (χ1) is 17.6. The normalized spacial score (nSPS) is 11.1. The van der Waals surface area contributed by atoms with Crippen molar-refractivity contribution in [1.29, 1.82) is 5.26 Å². The summed E-state index contributed by atoms with van der Waals surface area (Å²) in [5.41, 5.74) is 10.1. The average Bonchev–Trinajstić information content (AvgIpc) is 2.86. The predicted molar refractivity (Wildman–Crippen MR) is 140 cm³/mol. The van der Waals surface area contributed by atoms with Gasteiger partial charge < -0.3 is 10.5 Å². The molecule has 0 bridgehead atoms. The Morgan fingerprint density at radius 2 is 1.65 bits per heavy atom. The van der Waals surface area contributed by atoms with Crippen molar-refractivity contribution in [2.75, 3.05) is 11.5 Å². The van der Waals surface area contributed by atoms with Gasteiger partial charge >= 0.3 is 0 Å². The van der Waals surface area contributed by atoms with Crippen LogP contribution in [0.4, 0.5) is 5.82 Å². The van der Waals surface area contributed by atoms with E-state index < -0.39 is 21.4 Å². The molecule has 0 spiro atoms. The zero-order valence-corrected chi connectivity index (χ0v) is 21.3. The number of ether oxygens (including phenoxy) is 1. The van der Waals surface area contributed by atoms with Gasteiger partial charge in [0.2, 0.25) is 15.7 Å². The van der Waals surface area contributed by atoms with E-state index in [-0.39, 0.29) is 22.3 Å². The van der Waals surface area contributed by atoms with Gasteiger partial charge in [0.15, 0.2) is 10.8 Å². The first-order valence-electron chi connectivity index (χ1n) is 11.3. The number of nitrogens with zero attached hydrogens (tertiary/aromatic N) is 3. The van der Waals surface area contributed by atoms with E-state index in [1.165, 1.54) is 24.3 Å². The first kappa shape index (κ1) is 25.5. The molecule has 8 nitrogen and oxygen atoms in total. The van der Waals surface area contributed by atoms with E-state index >= 15 is 0 Å². The Hall–Kier alpha value is -4.55. The number of aromatic nitrogens is 2. The van der Waals surface area contributed by atoms with Crippen molar-refractivity contribution >= 4 is 21.4 Å². The number of carbonyl (C=O) groups is 1. The summed E-state index contributed by atoms with van der Waals surface area (Å²) in [6.45, 7) is 5.74. The average molecular weight is 513 g/mol. The van der Waals surface area contributed by atoms with Crippen LogP contribution in [0.1, 0.15) is 32.6 Å². The molecule has 2 N–H and O–H groups in total. The number of ketones is 1. The number of hydrogen-bond acceptors (Lipinski definition) is 8. The van der Waals surface area contributed by atoms with Crippen LogP contribution in [0.2, 0.25) is 0 Å². The number of nitrogen functional groups attached to an aromatic ring is 1. The molecule has 0 amide bonds. The molecule has 0 atom stereocenters. The molecule has 0 unspecified atom stereocenters. The van der Waals surface area contributed by atoms with Crippen molar-refractivity contribution in [3.63, 3.8) is 0 Å². The summed E-state index contributed by atoms with van der Waals surface area (Å²) in [5.74, 6) is -0.970. The van der Waals surface area contributed by atoms with Crippen LogP contribution in [-0.2, 0) is 9.84 Å². The molecule has 2 aromatic carbocycles. The maximum atomic E-state index is 13.3. The molecule has 2 heterocycles. The Morgan fingerprint density at radius 1 is 0.973 bits per heavy atom. The van der Waals surface area contributed by atoms with Crippen molar-refractivity contribution < 1.29 is 17.9 Å². The van der Waals surface area contributed by atoms with Crippen molar-refractivity contribution in [2.24, 2.45) is 0 Å². The lowest BCUT2D eigenvalue weighted by Crippen LogP contribution is -2.19. The lowest BCUT2D eigenvalue weighted by molar-refractivity contribution is 0.101. The van der Waals surface area contributed by atoms with Gasteiger partial charge in [-0.25, -0.2) is 18.4 Å². The molecule has 0 aliphatic carbocycles. The summed E-state index contributed by atoms with van der Waals surface area (Å²) in [6.07, 6.45) is 0. The lowest BCUT2D eigenvalue weighted by Gasteiger charge is -2.15. The lowest BCUT2D eigenvalue weighted by atomic mass is 10.1. The van der Waals surface area contributed by atoms with Gasteiger partial charge in [-0.1, -0.05) is 35.9 Å². The van der Waals surface area contributed by atoms with Gasteiger partial charge in [0.25, 0.3) is 0 Å². The minimum absolute atomic E-state index is 0.0161. The molecule has 37 heavy (non-hydrogen) atoms. The molecular formula is C28H24N4O4S. The highest BCUT2D eigenvalue weighted by Gasteiger charge is 2.26. The molecule has 186 valence electrons. The maximum Gasteiger partial charge on any atom is 0.230 e. The van der Waals surface area contributed by atoms with E-state index in [0.717, 1.165) is 16.7 Å². The van der Waals surface area contributed by atoms with Crippen LogP contribution >= 0.6 is 0 Å². The molecule has 0 saturated carbocycles. The van der Waals surface area contributed by atoms with Gasteiger partial charge in [0.05, 0.1) is 22.9 Å². The molecule has 0 fully saturated rings. The second-order valence-electron chi connectivity index (χ2n) is 8.65. The van der Waals surface area contributed by atoms with Crippen molar-refractivity contribution in [3.05, 3.63) is 94.5 Å². The molecule has 4 rings (SSSR count). The third-order valence-electron chi connectivity index (χ3n) is 5.66. The van der Waals surface area contributed by atoms with Crippen LogP contribution in [0.3, 0.4) is 0 Å². The summed E-state index contributed by atoms with van der Waals surface area (Å²) < 4.78 is 32.0. The minimum Gasteiger partial charge on any atom is -0.438 e. The number of benzene rings is 2. The molecule has 0 radical (unpaired) electrons. The van der Waals surface area contributed by atoms with Crippen molar-refractivity contribution in [3.8, 4) is 29.0 Å². The third-order valence-corrected chi connectivity index (χ3v) is 7.17. The highest BCUT2D eigenvalue weighted by molar-refractivity contribution is 7.92. The molecule has 0 aliphatic heterocycles. The third kappa shape index (κ3) is 5.66. The largest absolute Gasteiger partial charge is 0.438 e. The van der Waals surface area contributed by atoms with Crippen molar-refractivity contribution in [1.82, 2.24) is 9.97 Å². The van der Waals surface area contributed by atoms with E-state index in [4.69, 9.17) is 15.7 Å². The van der Waals surface area contributed by atoms with E-state index in [2.05, 4.69) is 16.0 Å². The molecule has 2 aromatic heterocycles. The monoisotopic (exact) mass is 512 g/mol. The second kappa shape index (κ2) is 10.2. The van der Waals surface area contributed by atoms with Crippen LogP contribution in [0.25, 0.3) is 11.3 Å². The molecule has 0 aliphatic rings. The number of rotatable bonds is 7. The summed E-state index contributed by atoms with van der Waals surface area (Å²) in [5, 5.41) is 8.80. The number of anilines is 1. The Bertz CT molecular complexity index is 1630. The number of nitriles is 1. The van der Waals surface area contributed by atoms with Crippen LogP contribution in [0.5, 0.6) is 11.6 Å². The fourth-order valence-corrected chi connectivity index (χ4v) is 5.14. The van der Waals surface area contributed by atoms with Gasteiger partial charge in [0, 0.05) is 5.56 Å². The topological polar surface area (TPSA) is 136 Å². The fourth-order valence-electron chi connectivity index (χ4n) is 3.96. The van der Waals surface area contributed by atoms with E-state index in [1.807, 2.05) is 32.9 Å². The number of sulfone groups is 1. The summed E-state index contributed by atoms with van der Waals surface area (Å²) >= 11 is 0. The Balaban J connectivity index is 1.77. The zero-order chi connectivity index (χ0) is 26.7. The molecule has 9 heteroatoms. The zero-order valence-electron chi connectivity index (χ0n) is 20.5. The highest BCUT2D eigenvalue weighted by atomic mass is 32.2. The van der Waals surface area contributed by atoms with E-state index in [0.29, 0.717) is 22.6 Å². The predicted octanol–water partition coefficient (Wildman–Crippen LogP) is 4.97. The molecular weight excluding hydrogens is 488 g/mol. The van der Waals surface area contributed by atoms with Crippen LogP contribution < -0.4 is 10.5 Å². The maximum absolute atomic E-state index is 13.3. The van der Waals surface area contributed by atoms with Gasteiger partial charge in [-0.15, -0.1) is 0 Å². The smallest absolute Gasteiger partial charge is 0.230 e. The number of aryl methyl sites for hydroxylation is 3. The van der Waals surface area contributed by atoms with Gasteiger partial charge in [-0.3, -0.25) is 4.79 Å². The standard InChI is InChI=1S/C28H24N4O4S/c1-17-13-18(2)27(19(3)14-17)36-28-22(11-12-23(31-28)21-9-7-20(15-29)8-10-21)24(33)16-37(34,35)26-6-4-5-25(30)32-26/h4-14H,16H2,1-3H3,(H2,30,32). The van der Waals surface area contributed by atoms with E-state index in [1.54, 1.807) is 30.3 Å². The Labute approximate surface area is 215 Å². The fraction of sp³-hybridized carbons (Fsp3) is 0.143. The molecule has 4 aromatic rings. The van der Waals surface area contributed by atoms with Gasteiger partial charge in [0.1, 0.15) is 17.3 Å². The summed E-state index contributed by atoms with van der Waals surface area (Å²) in [6, 6.07) is 20.1. The van der Waals surface area contributed by atoms with E-state index in [9.17, 15) is 13.2 Å². The number of nitrogens with two attached hydrogens (primary N) is 1. The quantitative estimate of drug-likeness (QED) is 0.343. The van der Waals surface area contributed by atoms with Crippen molar-refractivity contribution in [2.45, 2.75) is 25.8 Å². The Morgan fingerprint density at radius 3 is 2.27 bits per heavy atom. The van der Waals surface area contributed by atoms with Crippen LogP contribution in [-0.4, -0.2) is 29.9 Å².